The van der Waals surface area contributed by atoms with Crippen molar-refractivity contribution in [2.45, 2.75) is 26.4 Å². The lowest BCUT2D eigenvalue weighted by atomic mass is 10.1. The number of hydrogen-bond donors (Lipinski definition) is 3. The highest BCUT2D eigenvalue weighted by Gasteiger charge is 2.36. The second-order valence-corrected chi connectivity index (χ2v) is 13.3. The third-order valence-corrected chi connectivity index (χ3v) is 9.45. The molecule has 0 amide bonds. The van der Waals surface area contributed by atoms with E-state index in [1.807, 2.05) is 12.1 Å². The van der Waals surface area contributed by atoms with Gasteiger partial charge in [0.15, 0.2) is 29.8 Å². The van der Waals surface area contributed by atoms with Crippen molar-refractivity contribution in [2.24, 2.45) is 5.92 Å². The second-order valence-electron chi connectivity index (χ2n) is 10.8. The number of carbonyl (C=O) groups excluding carboxylic acids is 1. The van der Waals surface area contributed by atoms with Crippen molar-refractivity contribution in [3.63, 3.8) is 0 Å². The molecule has 0 saturated heterocycles. The molecule has 0 aliphatic carbocycles. The summed E-state index contributed by atoms with van der Waals surface area (Å²) >= 11 is 0. The van der Waals surface area contributed by atoms with Crippen LogP contribution in [0.5, 0.6) is 11.5 Å². The molecule has 256 valence electrons. The Balaban J connectivity index is 0.000000278. The highest BCUT2D eigenvalue weighted by molar-refractivity contribution is 7.59. The van der Waals surface area contributed by atoms with E-state index in [1.54, 1.807) is 62.4 Å². The van der Waals surface area contributed by atoms with Gasteiger partial charge in [0.05, 0.1) is 25.0 Å². The number of carbonyl (C=O) groups is 2. The first kappa shape index (κ1) is 35.0. The van der Waals surface area contributed by atoms with Gasteiger partial charge in [0.1, 0.15) is 35.3 Å². The molecule has 3 aromatic carbocycles. The predicted octanol–water partition coefficient (Wildman–Crippen LogP) is 5.89. The van der Waals surface area contributed by atoms with Crippen LogP contribution in [0.15, 0.2) is 91.3 Å². The molecule has 5 aromatic rings. The summed E-state index contributed by atoms with van der Waals surface area (Å²) in [5.41, 5.74) is 6.32. The molecule has 4 N–H and O–H groups in total. The Morgan fingerprint density at radius 2 is 1.82 bits per heavy atom. The number of para-hydroxylation sites is 1. The summed E-state index contributed by atoms with van der Waals surface area (Å²) in [6.07, 6.45) is 0.762. The van der Waals surface area contributed by atoms with Crippen LogP contribution < -0.4 is 10.3 Å². The zero-order valence-corrected chi connectivity index (χ0v) is 27.3. The van der Waals surface area contributed by atoms with Crippen LogP contribution in [0, 0.1) is 5.92 Å². The SMILES string of the molecule is CCOC(=O)[C@H](C)C[P@](=O)(COC1C=C(F)[C@H](n2cnc3c(N)ncnc32)O1)Oc1ccccc1.O=C(O)c1ccc2ccccc2c1O. The third-order valence-electron chi connectivity index (χ3n) is 7.26. The first-order valence-corrected chi connectivity index (χ1v) is 17.0. The van der Waals surface area contributed by atoms with Crippen LogP contribution in [-0.2, 0) is 23.6 Å². The fraction of sp³-hybridized carbons (Fsp3) is 0.242. The number of halogens is 1. The summed E-state index contributed by atoms with van der Waals surface area (Å²) in [5, 5.41) is 19.8. The standard InChI is InChI=1S/C22H25FN5O6P.C11H8O3/c1-3-31-22(29)14(2)10-35(30,34-15-7-5-4-6-8-15)13-32-17-9-16(23)21(33-17)28-12-27-18-19(24)25-11-26-20(18)28;12-10-8-4-2-1-3-7(8)5-6-9(10)11(13)14/h4-9,11-12,14,17,21H,3,10,13H2,1-2H3,(H2,24,25,26);1-6,12H,(H,13,14)/t14-,17?,21-,35-;/m1./s1. The summed E-state index contributed by atoms with van der Waals surface area (Å²) in [6.45, 7) is 3.48. The summed E-state index contributed by atoms with van der Waals surface area (Å²) in [6, 6.07) is 18.7. The molecular weight excluding hydrogens is 660 g/mol. The molecular formula is C33H33FN5O9P. The molecule has 4 atom stereocenters. The van der Waals surface area contributed by atoms with Gasteiger partial charge in [-0.3, -0.25) is 13.9 Å². The van der Waals surface area contributed by atoms with E-state index in [0.717, 1.165) is 11.5 Å². The van der Waals surface area contributed by atoms with Gasteiger partial charge in [0, 0.05) is 11.5 Å². The Morgan fingerprint density at radius 3 is 2.55 bits per heavy atom. The van der Waals surface area contributed by atoms with E-state index in [-0.39, 0.29) is 35.5 Å². The van der Waals surface area contributed by atoms with Crippen molar-refractivity contribution in [1.82, 2.24) is 19.5 Å². The number of nitrogens with zero attached hydrogens (tertiary/aromatic N) is 4. The molecule has 16 heteroatoms. The van der Waals surface area contributed by atoms with Crippen LogP contribution in [0.2, 0.25) is 0 Å². The quantitative estimate of drug-likeness (QED) is 0.109. The molecule has 1 aliphatic heterocycles. The lowest BCUT2D eigenvalue weighted by Gasteiger charge is -2.23. The minimum atomic E-state index is -3.58. The Bertz CT molecular complexity index is 2040. The third kappa shape index (κ3) is 8.20. The van der Waals surface area contributed by atoms with Crippen molar-refractivity contribution >= 4 is 47.1 Å². The van der Waals surface area contributed by atoms with Crippen molar-refractivity contribution in [1.29, 1.82) is 0 Å². The van der Waals surface area contributed by atoms with Crippen molar-refractivity contribution < 1.29 is 47.5 Å². The number of nitrogen functional groups attached to an aromatic ring is 1. The molecule has 0 spiro atoms. The maximum absolute atomic E-state index is 14.8. The monoisotopic (exact) mass is 693 g/mol. The van der Waals surface area contributed by atoms with Gasteiger partial charge in [0.2, 0.25) is 0 Å². The number of benzene rings is 3. The number of imidazole rings is 1. The fourth-order valence-electron chi connectivity index (χ4n) is 4.95. The molecule has 1 unspecified atom stereocenters. The number of nitrogens with two attached hydrogens (primary N) is 1. The van der Waals surface area contributed by atoms with Gasteiger partial charge in [-0.25, -0.2) is 24.1 Å². The predicted molar refractivity (Wildman–Crippen MR) is 177 cm³/mol. The Morgan fingerprint density at radius 1 is 1.08 bits per heavy atom. The first-order chi connectivity index (χ1) is 23.5. The maximum Gasteiger partial charge on any atom is 0.339 e. The number of anilines is 1. The smallest absolute Gasteiger partial charge is 0.339 e. The molecule has 1 aliphatic rings. The number of aromatic nitrogens is 4. The van der Waals surface area contributed by atoms with E-state index in [2.05, 4.69) is 15.0 Å². The van der Waals surface area contributed by atoms with Gasteiger partial charge in [0.25, 0.3) is 7.37 Å². The normalized spacial score (nSPS) is 17.4. The highest BCUT2D eigenvalue weighted by atomic mass is 31.2. The summed E-state index contributed by atoms with van der Waals surface area (Å²) in [7, 11) is -3.58. The van der Waals surface area contributed by atoms with Gasteiger partial charge < -0.3 is 34.7 Å². The molecule has 49 heavy (non-hydrogen) atoms. The number of aromatic hydroxyl groups is 1. The van der Waals surface area contributed by atoms with E-state index >= 15 is 0 Å². The van der Waals surface area contributed by atoms with Crippen molar-refractivity contribution in [3.05, 3.63) is 96.9 Å². The molecule has 0 saturated carbocycles. The van der Waals surface area contributed by atoms with Gasteiger partial charge in [-0.2, -0.15) is 0 Å². The lowest BCUT2D eigenvalue weighted by Crippen LogP contribution is -2.22. The molecule has 2 aromatic heterocycles. The van der Waals surface area contributed by atoms with E-state index in [4.69, 9.17) is 29.6 Å². The van der Waals surface area contributed by atoms with Crippen molar-refractivity contribution in [2.75, 3.05) is 24.9 Å². The Labute approximate surface area is 279 Å². The van der Waals surface area contributed by atoms with Gasteiger partial charge in [-0.15, -0.1) is 0 Å². The number of phenols is 1. The lowest BCUT2D eigenvalue weighted by molar-refractivity contribution is -0.146. The molecule has 0 radical (unpaired) electrons. The topological polar surface area (TPSA) is 198 Å². The van der Waals surface area contributed by atoms with E-state index in [0.29, 0.717) is 16.7 Å². The average Bonchev–Trinajstić information content (AvgIpc) is 3.68. The van der Waals surface area contributed by atoms with Gasteiger partial charge in [-0.1, -0.05) is 55.5 Å². The number of carboxylic acids is 1. The highest BCUT2D eigenvalue weighted by Crippen LogP contribution is 2.49. The summed E-state index contributed by atoms with van der Waals surface area (Å²) < 4.78 is 51.9. The van der Waals surface area contributed by atoms with Crippen LogP contribution in [0.4, 0.5) is 10.2 Å². The maximum atomic E-state index is 14.8. The van der Waals surface area contributed by atoms with E-state index < -0.39 is 49.9 Å². The zero-order chi connectivity index (χ0) is 35.1. The van der Waals surface area contributed by atoms with Crippen LogP contribution in [0.25, 0.3) is 21.9 Å². The summed E-state index contributed by atoms with van der Waals surface area (Å²) in [4.78, 5) is 34.9. The number of esters is 1. The van der Waals surface area contributed by atoms with E-state index in [1.165, 1.54) is 23.3 Å². The zero-order valence-electron chi connectivity index (χ0n) is 26.4. The number of hydrogen-bond acceptors (Lipinski definition) is 12. The van der Waals surface area contributed by atoms with Gasteiger partial charge >= 0.3 is 11.9 Å². The molecule has 0 fully saturated rings. The summed E-state index contributed by atoms with van der Waals surface area (Å²) in [5.74, 6) is -2.64. The number of aromatic carboxylic acids is 1. The molecule has 6 rings (SSSR count). The first-order valence-electron chi connectivity index (χ1n) is 15.0. The number of ether oxygens (including phenoxy) is 3. The molecule has 14 nitrogen and oxygen atoms in total. The van der Waals surface area contributed by atoms with Crippen LogP contribution in [-0.4, -0.2) is 67.1 Å². The van der Waals surface area contributed by atoms with Gasteiger partial charge in [-0.05, 0) is 30.5 Å². The van der Waals surface area contributed by atoms with Crippen LogP contribution in [0.1, 0.15) is 30.4 Å². The second kappa shape index (κ2) is 15.2. The van der Waals surface area contributed by atoms with Crippen LogP contribution in [0.3, 0.4) is 0 Å². The molecule has 0 bridgehead atoms. The van der Waals surface area contributed by atoms with E-state index in [9.17, 15) is 23.7 Å². The number of carboxylic acid groups (broad SMARTS) is 1. The van der Waals surface area contributed by atoms with Crippen LogP contribution >= 0.6 is 7.37 Å². The number of fused-ring (bicyclic) bond motifs is 2. The molecule has 3 heterocycles. The Kier molecular flexibility index (Phi) is 10.9. The average molecular weight is 694 g/mol. The minimum absolute atomic E-state index is 0.0660. The van der Waals surface area contributed by atoms with Crippen molar-refractivity contribution in [3.8, 4) is 11.5 Å². The fourth-order valence-corrected chi connectivity index (χ4v) is 7.05. The number of rotatable bonds is 11. The minimum Gasteiger partial charge on any atom is -0.506 e. The Hall–Kier alpha value is -5.37. The largest absolute Gasteiger partial charge is 0.506 e.